The lowest BCUT2D eigenvalue weighted by Gasteiger charge is -2.26. The van der Waals surface area contributed by atoms with Crippen LogP contribution in [-0.4, -0.2) is 28.8 Å². The van der Waals surface area contributed by atoms with Crippen molar-refractivity contribution in [2.45, 2.75) is 18.8 Å². The Morgan fingerprint density at radius 2 is 1.71 bits per heavy atom. The third-order valence-electron chi connectivity index (χ3n) is 5.67. The highest BCUT2D eigenvalue weighted by atomic mass is 35.5. The van der Waals surface area contributed by atoms with Crippen LogP contribution in [0.25, 0.3) is 5.76 Å². The van der Waals surface area contributed by atoms with Crippen molar-refractivity contribution in [2.24, 2.45) is 0 Å². The Bertz CT molecular complexity index is 1320. The molecule has 0 bridgehead atoms. The molecule has 1 saturated heterocycles. The number of carbonyl (C=O) groups excluding carboxylic acids is 2. The fourth-order valence-electron chi connectivity index (χ4n) is 4.01. The van der Waals surface area contributed by atoms with Crippen molar-refractivity contribution in [3.05, 3.63) is 106 Å². The first kappa shape index (κ1) is 24.3. The van der Waals surface area contributed by atoms with E-state index in [1.54, 1.807) is 24.3 Å². The van der Waals surface area contributed by atoms with Crippen LogP contribution in [0.15, 0.2) is 78.4 Å². The van der Waals surface area contributed by atoms with Crippen LogP contribution >= 0.6 is 11.6 Å². The summed E-state index contributed by atoms with van der Waals surface area (Å²) < 4.78 is 45.0. The molecular formula is C26H19ClF3NO4. The summed E-state index contributed by atoms with van der Waals surface area (Å²) in [7, 11) is 1.45. The van der Waals surface area contributed by atoms with Crippen molar-refractivity contribution < 1.29 is 32.6 Å². The summed E-state index contributed by atoms with van der Waals surface area (Å²) in [6.45, 7) is -0.284. The van der Waals surface area contributed by atoms with Gasteiger partial charge in [0.25, 0.3) is 11.7 Å². The average molecular weight is 502 g/mol. The predicted molar refractivity (Wildman–Crippen MR) is 124 cm³/mol. The quantitative estimate of drug-likeness (QED) is 0.265. The molecule has 9 heteroatoms. The lowest BCUT2D eigenvalue weighted by Crippen LogP contribution is -2.29. The van der Waals surface area contributed by atoms with Gasteiger partial charge >= 0.3 is 6.18 Å². The second-order valence-electron chi connectivity index (χ2n) is 7.91. The number of hydrogen-bond donors (Lipinski definition) is 1. The minimum absolute atomic E-state index is 0.182. The summed E-state index contributed by atoms with van der Waals surface area (Å²) >= 11 is 5.92. The summed E-state index contributed by atoms with van der Waals surface area (Å²) in [4.78, 5) is 27.3. The maximum atomic E-state index is 13.2. The van der Waals surface area contributed by atoms with Crippen molar-refractivity contribution in [1.82, 2.24) is 4.90 Å². The number of aliphatic hydroxyl groups is 1. The summed E-state index contributed by atoms with van der Waals surface area (Å²) in [6.07, 6.45) is -4.56. The summed E-state index contributed by atoms with van der Waals surface area (Å²) in [5.74, 6) is -1.86. The first-order valence-corrected chi connectivity index (χ1v) is 10.8. The standard InChI is InChI=1S/C26H19ClF3NO4/c1-35-20-7-3-5-17(13-20)22-21(23(32)16-8-10-19(27)11-9-16)24(33)25(34)31(22)14-15-4-2-6-18(12-15)26(28,29)30/h2-13,22,32H,14H2,1H3/b23-21+. The number of hydrogen-bond acceptors (Lipinski definition) is 4. The first-order chi connectivity index (χ1) is 16.6. The zero-order valence-electron chi connectivity index (χ0n) is 18.3. The van der Waals surface area contributed by atoms with Gasteiger partial charge in [0.2, 0.25) is 0 Å². The summed E-state index contributed by atoms with van der Waals surface area (Å²) in [5, 5.41) is 11.5. The van der Waals surface area contributed by atoms with Crippen LogP contribution in [0.4, 0.5) is 13.2 Å². The van der Waals surface area contributed by atoms with Gasteiger partial charge < -0.3 is 14.7 Å². The molecule has 1 heterocycles. The number of aliphatic hydroxyl groups excluding tert-OH is 1. The lowest BCUT2D eigenvalue weighted by atomic mass is 9.95. The molecule has 0 aliphatic carbocycles. The maximum absolute atomic E-state index is 13.2. The van der Waals surface area contributed by atoms with Gasteiger partial charge in [0.1, 0.15) is 11.5 Å². The molecule has 1 N–H and O–H groups in total. The largest absolute Gasteiger partial charge is 0.507 e. The van der Waals surface area contributed by atoms with Crippen molar-refractivity contribution in [3.8, 4) is 5.75 Å². The molecule has 1 aliphatic rings. The Morgan fingerprint density at radius 3 is 2.37 bits per heavy atom. The van der Waals surface area contributed by atoms with Crippen LogP contribution in [-0.2, 0) is 22.3 Å². The topological polar surface area (TPSA) is 66.8 Å². The highest BCUT2D eigenvalue weighted by Crippen LogP contribution is 2.41. The van der Waals surface area contributed by atoms with Gasteiger partial charge in [0.15, 0.2) is 0 Å². The van der Waals surface area contributed by atoms with Crippen molar-refractivity contribution in [2.75, 3.05) is 7.11 Å². The van der Waals surface area contributed by atoms with E-state index in [0.717, 1.165) is 17.0 Å². The van der Waals surface area contributed by atoms with Gasteiger partial charge in [0.05, 0.1) is 24.3 Å². The third kappa shape index (κ3) is 4.88. The van der Waals surface area contributed by atoms with Gasteiger partial charge in [0, 0.05) is 17.1 Å². The van der Waals surface area contributed by atoms with E-state index in [9.17, 15) is 27.9 Å². The van der Waals surface area contributed by atoms with E-state index in [1.807, 2.05) is 0 Å². The Morgan fingerprint density at radius 1 is 1.03 bits per heavy atom. The fourth-order valence-corrected chi connectivity index (χ4v) is 4.13. The van der Waals surface area contributed by atoms with Gasteiger partial charge in [-0.3, -0.25) is 9.59 Å². The highest BCUT2D eigenvalue weighted by molar-refractivity contribution is 6.46. The van der Waals surface area contributed by atoms with Crippen LogP contribution in [0.1, 0.15) is 28.3 Å². The SMILES string of the molecule is COc1cccc(C2/C(=C(\O)c3ccc(Cl)cc3)C(=O)C(=O)N2Cc2cccc(C(F)(F)F)c2)c1. The molecule has 4 rings (SSSR count). The Balaban J connectivity index is 1.85. The number of ether oxygens (including phenoxy) is 1. The van der Waals surface area contributed by atoms with Gasteiger partial charge in [-0.2, -0.15) is 13.2 Å². The minimum atomic E-state index is -4.56. The summed E-state index contributed by atoms with van der Waals surface area (Å²) in [5.41, 5.74) is -0.158. The monoisotopic (exact) mass is 501 g/mol. The zero-order chi connectivity index (χ0) is 25.3. The van der Waals surface area contributed by atoms with Gasteiger partial charge in [-0.25, -0.2) is 0 Å². The molecule has 1 atom stereocenters. The van der Waals surface area contributed by atoms with Crippen LogP contribution in [0.3, 0.4) is 0 Å². The Kier molecular flexibility index (Phi) is 6.58. The second-order valence-corrected chi connectivity index (χ2v) is 8.35. The molecule has 1 fully saturated rings. The lowest BCUT2D eigenvalue weighted by molar-refractivity contribution is -0.140. The van der Waals surface area contributed by atoms with Gasteiger partial charge in [-0.15, -0.1) is 0 Å². The number of halogens is 4. The molecule has 3 aromatic rings. The number of methoxy groups -OCH3 is 1. The van der Waals surface area contributed by atoms with Crippen molar-refractivity contribution in [1.29, 1.82) is 0 Å². The number of rotatable bonds is 5. The molecule has 0 radical (unpaired) electrons. The molecule has 0 aromatic heterocycles. The first-order valence-electron chi connectivity index (χ1n) is 10.4. The number of ketones is 1. The third-order valence-corrected chi connectivity index (χ3v) is 5.93. The molecule has 35 heavy (non-hydrogen) atoms. The molecule has 5 nitrogen and oxygen atoms in total. The predicted octanol–water partition coefficient (Wildman–Crippen LogP) is 5.99. The van der Waals surface area contributed by atoms with Crippen LogP contribution in [0, 0.1) is 0 Å². The number of alkyl halides is 3. The number of amides is 1. The minimum Gasteiger partial charge on any atom is -0.507 e. The van der Waals surface area contributed by atoms with Crippen LogP contribution in [0.2, 0.25) is 5.02 Å². The van der Waals surface area contributed by atoms with E-state index < -0.39 is 35.2 Å². The molecule has 1 aliphatic heterocycles. The van der Waals surface area contributed by atoms with Crippen LogP contribution in [0.5, 0.6) is 5.75 Å². The second kappa shape index (κ2) is 9.46. The molecule has 0 saturated carbocycles. The molecule has 1 amide bonds. The number of nitrogens with zero attached hydrogens (tertiary/aromatic N) is 1. The zero-order valence-corrected chi connectivity index (χ0v) is 19.1. The van der Waals surface area contributed by atoms with Crippen molar-refractivity contribution in [3.63, 3.8) is 0 Å². The Labute approximate surface area is 204 Å². The molecule has 0 spiro atoms. The molecule has 3 aromatic carbocycles. The molecule has 180 valence electrons. The molecular weight excluding hydrogens is 483 g/mol. The van der Waals surface area contributed by atoms with E-state index >= 15 is 0 Å². The van der Waals surface area contributed by atoms with E-state index in [0.29, 0.717) is 16.3 Å². The van der Waals surface area contributed by atoms with E-state index in [1.165, 1.54) is 43.5 Å². The van der Waals surface area contributed by atoms with Crippen molar-refractivity contribution >= 4 is 29.1 Å². The molecule has 1 unspecified atom stereocenters. The van der Waals surface area contributed by atoms with Gasteiger partial charge in [-0.05, 0) is 59.7 Å². The van der Waals surface area contributed by atoms with E-state index in [2.05, 4.69) is 0 Å². The average Bonchev–Trinajstić information content (AvgIpc) is 3.08. The summed E-state index contributed by atoms with van der Waals surface area (Å²) in [6, 6.07) is 16.1. The number of Topliss-reactive ketones (excluding diaryl/α,β-unsaturated/α-hetero) is 1. The van der Waals surface area contributed by atoms with Crippen LogP contribution < -0.4 is 4.74 Å². The normalized spacial score (nSPS) is 17.6. The maximum Gasteiger partial charge on any atom is 0.416 e. The number of carbonyl (C=O) groups is 2. The van der Waals surface area contributed by atoms with E-state index in [-0.39, 0.29) is 23.2 Å². The number of likely N-dealkylation sites (tertiary alicyclic amines) is 1. The van der Waals surface area contributed by atoms with Gasteiger partial charge in [-0.1, -0.05) is 35.9 Å². The van der Waals surface area contributed by atoms with E-state index in [4.69, 9.17) is 16.3 Å². The number of benzene rings is 3. The smallest absolute Gasteiger partial charge is 0.416 e. The fraction of sp³-hybridized carbons (Fsp3) is 0.154. The Hall–Kier alpha value is -3.78. The highest BCUT2D eigenvalue weighted by Gasteiger charge is 2.46.